The van der Waals surface area contributed by atoms with Crippen molar-refractivity contribution in [3.63, 3.8) is 0 Å². The minimum atomic E-state index is -0.306. The van der Waals surface area contributed by atoms with Gasteiger partial charge in [-0.2, -0.15) is 10.2 Å². The van der Waals surface area contributed by atoms with Gasteiger partial charge >= 0.3 is 0 Å². The number of azo groups is 1. The molecule has 0 spiro atoms. The van der Waals surface area contributed by atoms with Gasteiger partial charge in [0.25, 0.3) is 11.8 Å². The molecule has 2 aromatic carbocycles. The summed E-state index contributed by atoms with van der Waals surface area (Å²) in [6.07, 6.45) is 0. The first kappa shape index (κ1) is 16.8. The maximum atomic E-state index is 12.1. The Morgan fingerprint density at radius 1 is 0.880 bits per heavy atom. The number of hydrogen-bond acceptors (Lipinski definition) is 5. The van der Waals surface area contributed by atoms with E-state index in [-0.39, 0.29) is 11.8 Å². The molecule has 2 aromatic rings. The summed E-state index contributed by atoms with van der Waals surface area (Å²) in [6.45, 7) is 4.02. The lowest BCUT2D eigenvalue weighted by Crippen LogP contribution is -2.24. The van der Waals surface area contributed by atoms with Crippen LogP contribution in [-0.4, -0.2) is 37.9 Å². The molecular weight excluding hydrogens is 316 g/mol. The summed E-state index contributed by atoms with van der Waals surface area (Å²) >= 11 is 0. The normalized spacial score (nSPS) is 13.7. The van der Waals surface area contributed by atoms with Crippen molar-refractivity contribution in [2.45, 2.75) is 13.8 Å². The summed E-state index contributed by atoms with van der Waals surface area (Å²) in [7, 11) is 5.48. The van der Waals surface area contributed by atoms with Crippen molar-refractivity contribution in [1.82, 2.24) is 4.90 Å². The number of nitrogens with zero attached hydrogens (tertiary/aromatic N) is 4. The van der Waals surface area contributed by atoms with Gasteiger partial charge in [0.15, 0.2) is 0 Å². The molecule has 1 aliphatic heterocycles. The Morgan fingerprint density at radius 3 is 2.24 bits per heavy atom. The van der Waals surface area contributed by atoms with Crippen LogP contribution in [0.15, 0.2) is 40.6 Å². The highest BCUT2D eigenvalue weighted by atomic mass is 16.2. The maximum absolute atomic E-state index is 12.1. The molecule has 2 amide bonds. The zero-order valence-electron chi connectivity index (χ0n) is 15.0. The predicted molar refractivity (Wildman–Crippen MR) is 97.3 cm³/mol. The Kier molecular flexibility index (Phi) is 4.12. The number of imide groups is 1. The van der Waals surface area contributed by atoms with E-state index in [4.69, 9.17) is 0 Å². The van der Waals surface area contributed by atoms with Crippen molar-refractivity contribution in [2.24, 2.45) is 10.2 Å². The van der Waals surface area contributed by atoms with Gasteiger partial charge in [0, 0.05) is 26.8 Å². The van der Waals surface area contributed by atoms with Crippen LogP contribution in [0.5, 0.6) is 0 Å². The van der Waals surface area contributed by atoms with Crippen molar-refractivity contribution in [1.29, 1.82) is 0 Å². The molecular formula is C19H20N4O2. The van der Waals surface area contributed by atoms with Crippen molar-refractivity contribution in [3.05, 3.63) is 52.6 Å². The van der Waals surface area contributed by atoms with E-state index in [0.717, 1.165) is 27.4 Å². The molecule has 3 rings (SSSR count). The highest BCUT2D eigenvalue weighted by Crippen LogP contribution is 2.31. The van der Waals surface area contributed by atoms with Crippen LogP contribution in [-0.2, 0) is 0 Å². The Morgan fingerprint density at radius 2 is 1.56 bits per heavy atom. The van der Waals surface area contributed by atoms with Crippen molar-refractivity contribution in [2.75, 3.05) is 26.0 Å². The lowest BCUT2D eigenvalue weighted by Gasteiger charge is -2.17. The van der Waals surface area contributed by atoms with Crippen molar-refractivity contribution in [3.8, 4) is 0 Å². The number of carbonyl (C=O) groups is 2. The first-order valence-corrected chi connectivity index (χ1v) is 7.96. The average Bonchev–Trinajstić information content (AvgIpc) is 2.79. The molecule has 0 fully saturated rings. The van der Waals surface area contributed by atoms with Gasteiger partial charge in [-0.3, -0.25) is 14.5 Å². The van der Waals surface area contributed by atoms with E-state index in [1.807, 2.05) is 34.0 Å². The molecule has 0 aliphatic carbocycles. The molecule has 1 aliphatic rings. The van der Waals surface area contributed by atoms with Gasteiger partial charge in [-0.1, -0.05) is 0 Å². The van der Waals surface area contributed by atoms with E-state index in [1.54, 1.807) is 18.2 Å². The monoisotopic (exact) mass is 336 g/mol. The fraction of sp³-hybridized carbons (Fsp3) is 0.263. The number of fused-ring (bicyclic) bond motifs is 1. The van der Waals surface area contributed by atoms with Gasteiger partial charge in [-0.05, 0) is 55.3 Å². The first-order valence-electron chi connectivity index (χ1n) is 7.96. The lowest BCUT2D eigenvalue weighted by molar-refractivity contribution is 0.0693. The SMILES string of the molecule is Cc1cc(N(C)C)c(C)cc1N=Nc1ccc2c(c1)C(=O)N(C)C2=O. The highest BCUT2D eigenvalue weighted by molar-refractivity contribution is 6.21. The summed E-state index contributed by atoms with van der Waals surface area (Å²) < 4.78 is 0. The molecule has 0 atom stereocenters. The third-order valence-electron chi connectivity index (χ3n) is 4.34. The number of benzene rings is 2. The third-order valence-corrected chi connectivity index (χ3v) is 4.34. The van der Waals surface area contributed by atoms with Gasteiger partial charge in [0.05, 0.1) is 22.5 Å². The fourth-order valence-electron chi connectivity index (χ4n) is 2.90. The fourth-order valence-corrected chi connectivity index (χ4v) is 2.90. The van der Waals surface area contributed by atoms with Gasteiger partial charge in [-0.25, -0.2) is 0 Å². The molecule has 0 unspecified atom stereocenters. The quantitative estimate of drug-likeness (QED) is 0.628. The molecule has 0 saturated heterocycles. The van der Waals surface area contributed by atoms with E-state index >= 15 is 0 Å². The highest BCUT2D eigenvalue weighted by Gasteiger charge is 2.32. The van der Waals surface area contributed by atoms with Crippen LogP contribution in [0, 0.1) is 13.8 Å². The lowest BCUT2D eigenvalue weighted by atomic mass is 10.1. The summed E-state index contributed by atoms with van der Waals surface area (Å²) in [4.78, 5) is 27.1. The number of amides is 2. The predicted octanol–water partition coefficient (Wildman–Crippen LogP) is 4.01. The Hall–Kier alpha value is -3.02. The zero-order valence-corrected chi connectivity index (χ0v) is 15.0. The van der Waals surface area contributed by atoms with Crippen LogP contribution in [0.25, 0.3) is 0 Å². The summed E-state index contributed by atoms with van der Waals surface area (Å²) in [5.74, 6) is -0.589. The van der Waals surface area contributed by atoms with Crippen LogP contribution in [0.2, 0.25) is 0 Å². The molecule has 0 N–H and O–H groups in total. The van der Waals surface area contributed by atoms with E-state index < -0.39 is 0 Å². The van der Waals surface area contributed by atoms with Gasteiger partial charge in [-0.15, -0.1) is 0 Å². The number of hydrogen-bond donors (Lipinski definition) is 0. The van der Waals surface area contributed by atoms with Gasteiger partial charge < -0.3 is 4.90 Å². The number of carbonyl (C=O) groups excluding carboxylic acids is 2. The maximum Gasteiger partial charge on any atom is 0.261 e. The molecule has 128 valence electrons. The molecule has 6 heteroatoms. The molecule has 0 radical (unpaired) electrons. The van der Waals surface area contributed by atoms with E-state index in [9.17, 15) is 9.59 Å². The Balaban J connectivity index is 1.93. The Labute approximate surface area is 146 Å². The first-order chi connectivity index (χ1) is 11.8. The van der Waals surface area contributed by atoms with Crippen molar-refractivity contribution < 1.29 is 9.59 Å². The van der Waals surface area contributed by atoms with E-state index in [0.29, 0.717) is 16.8 Å². The Bertz CT molecular complexity index is 916. The van der Waals surface area contributed by atoms with Crippen LogP contribution in [0.1, 0.15) is 31.8 Å². The van der Waals surface area contributed by atoms with E-state index in [2.05, 4.69) is 21.2 Å². The van der Waals surface area contributed by atoms with E-state index in [1.165, 1.54) is 7.05 Å². The minimum Gasteiger partial charge on any atom is -0.377 e. The third kappa shape index (κ3) is 2.91. The zero-order chi connectivity index (χ0) is 18.3. The largest absolute Gasteiger partial charge is 0.377 e. The van der Waals surface area contributed by atoms with Crippen LogP contribution in [0.4, 0.5) is 17.1 Å². The topological polar surface area (TPSA) is 65.3 Å². The van der Waals surface area contributed by atoms with Crippen LogP contribution in [0.3, 0.4) is 0 Å². The second kappa shape index (κ2) is 6.12. The molecule has 0 bridgehead atoms. The van der Waals surface area contributed by atoms with Gasteiger partial charge in [0.1, 0.15) is 0 Å². The second-order valence-corrected chi connectivity index (χ2v) is 6.42. The number of rotatable bonds is 3. The molecule has 25 heavy (non-hydrogen) atoms. The summed E-state index contributed by atoms with van der Waals surface area (Å²) in [6, 6.07) is 9.00. The summed E-state index contributed by atoms with van der Waals surface area (Å²) in [5, 5.41) is 8.57. The molecule has 0 aromatic heterocycles. The smallest absolute Gasteiger partial charge is 0.261 e. The number of aryl methyl sites for hydroxylation is 2. The minimum absolute atomic E-state index is 0.283. The average molecular weight is 336 g/mol. The van der Waals surface area contributed by atoms with Crippen molar-refractivity contribution >= 4 is 28.9 Å². The number of anilines is 1. The standard InChI is InChI=1S/C19H20N4O2/c1-11-9-17(22(3)4)12(2)8-16(11)21-20-13-6-7-14-15(10-13)19(25)23(5)18(14)24/h6-10H,1-5H3. The molecule has 0 saturated carbocycles. The summed E-state index contributed by atoms with van der Waals surface area (Å²) in [5.41, 5.74) is 5.38. The second-order valence-electron chi connectivity index (χ2n) is 6.42. The molecule has 6 nitrogen and oxygen atoms in total. The molecule has 1 heterocycles. The van der Waals surface area contributed by atoms with Gasteiger partial charge in [0.2, 0.25) is 0 Å². The van der Waals surface area contributed by atoms with Crippen LogP contribution >= 0.6 is 0 Å². The van der Waals surface area contributed by atoms with Crippen LogP contribution < -0.4 is 4.90 Å².